The van der Waals surface area contributed by atoms with Crippen molar-refractivity contribution in [3.8, 4) is 0 Å². The minimum atomic E-state index is -0.497. The van der Waals surface area contributed by atoms with Gasteiger partial charge in [-0.2, -0.15) is 0 Å². The Labute approximate surface area is 151 Å². The standard InChI is InChI=1S/C21H22N2O3/c1-12(2)16-10-17-14(9-20(24)26-19(17)8-13(16)3)11-23-18-7-5-4-6-15(18)21(22)25/h4-10,12,23H,11H2,1-3H3,(H2,22,25). The molecule has 0 aliphatic rings. The Morgan fingerprint density at radius 2 is 1.92 bits per heavy atom. The van der Waals surface area contributed by atoms with Gasteiger partial charge in [-0.3, -0.25) is 4.79 Å². The van der Waals surface area contributed by atoms with Crippen molar-refractivity contribution in [2.75, 3.05) is 5.32 Å². The zero-order chi connectivity index (χ0) is 18.8. The largest absolute Gasteiger partial charge is 0.423 e. The molecule has 2 aromatic carbocycles. The molecule has 1 aromatic heterocycles. The van der Waals surface area contributed by atoms with E-state index in [2.05, 4.69) is 25.2 Å². The number of nitrogens with one attached hydrogen (secondary N) is 1. The summed E-state index contributed by atoms with van der Waals surface area (Å²) >= 11 is 0. The van der Waals surface area contributed by atoms with Gasteiger partial charge in [-0.1, -0.05) is 26.0 Å². The van der Waals surface area contributed by atoms with Crippen molar-refractivity contribution in [1.29, 1.82) is 0 Å². The summed E-state index contributed by atoms with van der Waals surface area (Å²) < 4.78 is 5.37. The number of fused-ring (bicyclic) bond motifs is 1. The molecule has 3 N–H and O–H groups in total. The Hall–Kier alpha value is -3.08. The fourth-order valence-electron chi connectivity index (χ4n) is 3.20. The molecule has 3 rings (SSSR count). The summed E-state index contributed by atoms with van der Waals surface area (Å²) in [5.41, 5.74) is 9.78. The van der Waals surface area contributed by atoms with Crippen LogP contribution in [-0.4, -0.2) is 5.91 Å². The maximum atomic E-state index is 12.0. The van der Waals surface area contributed by atoms with Crippen molar-refractivity contribution in [3.05, 3.63) is 75.1 Å². The number of aryl methyl sites for hydroxylation is 1. The van der Waals surface area contributed by atoms with Crippen LogP contribution in [0.5, 0.6) is 0 Å². The van der Waals surface area contributed by atoms with Crippen molar-refractivity contribution in [2.24, 2.45) is 5.73 Å². The quantitative estimate of drug-likeness (QED) is 0.683. The van der Waals surface area contributed by atoms with Crippen molar-refractivity contribution < 1.29 is 9.21 Å². The highest BCUT2D eigenvalue weighted by Crippen LogP contribution is 2.27. The number of anilines is 1. The fraction of sp³-hybridized carbons (Fsp3) is 0.238. The number of amides is 1. The first-order valence-electron chi connectivity index (χ1n) is 8.57. The molecule has 0 bridgehead atoms. The normalized spacial score (nSPS) is 11.1. The summed E-state index contributed by atoms with van der Waals surface area (Å²) in [4.78, 5) is 23.5. The van der Waals surface area contributed by atoms with E-state index in [1.165, 1.54) is 11.6 Å². The van der Waals surface area contributed by atoms with Gasteiger partial charge in [0.2, 0.25) is 0 Å². The van der Waals surface area contributed by atoms with E-state index < -0.39 is 11.5 Å². The Balaban J connectivity index is 2.04. The van der Waals surface area contributed by atoms with Gasteiger partial charge in [-0.15, -0.1) is 0 Å². The van der Waals surface area contributed by atoms with E-state index in [1.807, 2.05) is 19.1 Å². The van der Waals surface area contributed by atoms with Crippen LogP contribution < -0.4 is 16.7 Å². The first kappa shape index (κ1) is 17.7. The summed E-state index contributed by atoms with van der Waals surface area (Å²) in [6.07, 6.45) is 0. The molecule has 0 saturated heterocycles. The van der Waals surface area contributed by atoms with E-state index in [9.17, 15) is 9.59 Å². The van der Waals surface area contributed by atoms with Crippen molar-refractivity contribution in [1.82, 2.24) is 0 Å². The lowest BCUT2D eigenvalue weighted by atomic mass is 9.95. The average molecular weight is 350 g/mol. The van der Waals surface area contributed by atoms with Gasteiger partial charge >= 0.3 is 5.63 Å². The lowest BCUT2D eigenvalue weighted by Crippen LogP contribution is -2.14. The van der Waals surface area contributed by atoms with Gasteiger partial charge in [0.1, 0.15) is 5.58 Å². The van der Waals surface area contributed by atoms with Crippen LogP contribution >= 0.6 is 0 Å². The van der Waals surface area contributed by atoms with Crippen LogP contribution in [0, 0.1) is 6.92 Å². The lowest BCUT2D eigenvalue weighted by Gasteiger charge is -2.14. The predicted molar refractivity (Wildman–Crippen MR) is 104 cm³/mol. The third-order valence-electron chi connectivity index (χ3n) is 4.50. The summed E-state index contributed by atoms with van der Waals surface area (Å²) in [5.74, 6) is -0.133. The molecule has 1 amide bonds. The van der Waals surface area contributed by atoms with Crippen LogP contribution in [0.3, 0.4) is 0 Å². The maximum Gasteiger partial charge on any atom is 0.336 e. The molecule has 3 aromatic rings. The first-order valence-corrected chi connectivity index (χ1v) is 8.57. The van der Waals surface area contributed by atoms with E-state index in [4.69, 9.17) is 10.2 Å². The number of primary amides is 1. The van der Waals surface area contributed by atoms with Gasteiger partial charge in [0.15, 0.2) is 0 Å². The number of rotatable bonds is 5. The maximum absolute atomic E-state index is 12.0. The molecule has 134 valence electrons. The number of para-hydroxylation sites is 1. The van der Waals surface area contributed by atoms with Gasteiger partial charge in [0, 0.05) is 23.7 Å². The number of benzene rings is 2. The van der Waals surface area contributed by atoms with Crippen LogP contribution in [0.2, 0.25) is 0 Å². The summed E-state index contributed by atoms with van der Waals surface area (Å²) in [5, 5.41) is 4.10. The van der Waals surface area contributed by atoms with E-state index in [0.717, 1.165) is 16.5 Å². The Kier molecular flexibility index (Phi) is 4.80. The van der Waals surface area contributed by atoms with Crippen LogP contribution in [0.25, 0.3) is 11.0 Å². The highest BCUT2D eigenvalue weighted by atomic mass is 16.4. The molecule has 0 aliphatic heterocycles. The molecule has 1 heterocycles. The predicted octanol–water partition coefficient (Wildman–Crippen LogP) is 3.94. The van der Waals surface area contributed by atoms with E-state index in [0.29, 0.717) is 29.3 Å². The van der Waals surface area contributed by atoms with Crippen LogP contribution in [-0.2, 0) is 6.54 Å². The molecule has 26 heavy (non-hydrogen) atoms. The minimum absolute atomic E-state index is 0.364. The molecule has 5 heteroatoms. The number of hydrogen-bond acceptors (Lipinski definition) is 4. The van der Waals surface area contributed by atoms with Gasteiger partial charge in [-0.05, 0) is 53.8 Å². The Morgan fingerprint density at radius 3 is 2.62 bits per heavy atom. The third kappa shape index (κ3) is 3.47. The van der Waals surface area contributed by atoms with Crippen molar-refractivity contribution in [3.63, 3.8) is 0 Å². The van der Waals surface area contributed by atoms with Gasteiger partial charge in [-0.25, -0.2) is 4.79 Å². The highest BCUT2D eigenvalue weighted by Gasteiger charge is 2.12. The molecule has 5 nitrogen and oxygen atoms in total. The highest BCUT2D eigenvalue weighted by molar-refractivity contribution is 5.98. The first-order chi connectivity index (χ1) is 12.4. The average Bonchev–Trinajstić information content (AvgIpc) is 2.58. The van der Waals surface area contributed by atoms with Crippen molar-refractivity contribution >= 4 is 22.6 Å². The topological polar surface area (TPSA) is 85.3 Å². The smallest absolute Gasteiger partial charge is 0.336 e. The van der Waals surface area contributed by atoms with Gasteiger partial charge in [0.25, 0.3) is 5.91 Å². The zero-order valence-electron chi connectivity index (χ0n) is 15.1. The van der Waals surface area contributed by atoms with E-state index >= 15 is 0 Å². The number of carbonyl (C=O) groups excluding carboxylic acids is 1. The summed E-state index contributed by atoms with van der Waals surface area (Å²) in [6, 6.07) is 12.5. The van der Waals surface area contributed by atoms with Crippen LogP contribution in [0.1, 0.15) is 46.8 Å². The second-order valence-corrected chi connectivity index (χ2v) is 6.71. The number of carbonyl (C=O) groups is 1. The van der Waals surface area contributed by atoms with Crippen LogP contribution in [0.4, 0.5) is 5.69 Å². The summed E-state index contributed by atoms with van der Waals surface area (Å²) in [7, 11) is 0. The monoisotopic (exact) mass is 350 g/mol. The number of nitrogens with two attached hydrogens (primary N) is 1. The third-order valence-corrected chi connectivity index (χ3v) is 4.50. The molecule has 0 aliphatic carbocycles. The molecule has 0 unspecified atom stereocenters. The molecular weight excluding hydrogens is 328 g/mol. The van der Waals surface area contributed by atoms with E-state index in [1.54, 1.807) is 18.2 Å². The second-order valence-electron chi connectivity index (χ2n) is 6.71. The second kappa shape index (κ2) is 7.04. The van der Waals surface area contributed by atoms with Gasteiger partial charge < -0.3 is 15.5 Å². The van der Waals surface area contributed by atoms with Gasteiger partial charge in [0.05, 0.1) is 5.56 Å². The molecule has 0 spiro atoms. The lowest BCUT2D eigenvalue weighted by molar-refractivity contribution is 0.100. The zero-order valence-corrected chi connectivity index (χ0v) is 15.1. The molecule has 0 saturated carbocycles. The minimum Gasteiger partial charge on any atom is -0.423 e. The van der Waals surface area contributed by atoms with Crippen molar-refractivity contribution in [2.45, 2.75) is 33.2 Å². The van der Waals surface area contributed by atoms with E-state index in [-0.39, 0.29) is 0 Å². The Morgan fingerprint density at radius 1 is 1.19 bits per heavy atom. The molecule has 0 fully saturated rings. The summed E-state index contributed by atoms with van der Waals surface area (Å²) in [6.45, 7) is 6.67. The molecule has 0 radical (unpaired) electrons. The number of hydrogen-bond donors (Lipinski definition) is 2. The SMILES string of the molecule is Cc1cc2oc(=O)cc(CNc3ccccc3C(N)=O)c2cc1C(C)C. The fourth-order valence-corrected chi connectivity index (χ4v) is 3.20. The van der Waals surface area contributed by atoms with Crippen LogP contribution in [0.15, 0.2) is 51.7 Å². The molecular formula is C21H22N2O3. The molecule has 0 atom stereocenters. The Bertz CT molecular complexity index is 1040.